The first kappa shape index (κ1) is 12.9. The number of thiazole rings is 1. The summed E-state index contributed by atoms with van der Waals surface area (Å²) in [6.45, 7) is 0. The molecule has 0 saturated carbocycles. The molecule has 1 aliphatic carbocycles. The zero-order valence-corrected chi connectivity index (χ0v) is 12.0. The van der Waals surface area contributed by atoms with Gasteiger partial charge in [-0.05, 0) is 36.2 Å². The number of nitrogens with zero attached hydrogens (tertiary/aromatic N) is 1. The second kappa shape index (κ2) is 5.28. The van der Waals surface area contributed by atoms with E-state index < -0.39 is 10.9 Å². The summed E-state index contributed by atoms with van der Waals surface area (Å²) < 4.78 is 23.4. The van der Waals surface area contributed by atoms with E-state index in [-0.39, 0.29) is 23.4 Å². The molecule has 82 valence electrons. The first-order valence-corrected chi connectivity index (χ1v) is 6.14. The van der Waals surface area contributed by atoms with Gasteiger partial charge in [-0.3, -0.25) is 0 Å². The van der Waals surface area contributed by atoms with Crippen molar-refractivity contribution in [2.24, 2.45) is 0 Å². The predicted molar refractivity (Wildman–Crippen MR) is 62.8 cm³/mol. The van der Waals surface area contributed by atoms with E-state index in [0.717, 1.165) is 23.4 Å². The molecule has 2 rings (SSSR count). The minimum atomic E-state index is -2.18. The number of hydrogen-bond acceptors (Lipinski definition) is 6. The number of nitrogens with two attached hydrogens (primary N) is 1. The van der Waals surface area contributed by atoms with Crippen LogP contribution in [0.5, 0.6) is 0 Å². The Labute approximate surface area is 104 Å². The van der Waals surface area contributed by atoms with E-state index in [1.807, 2.05) is 0 Å². The molecule has 0 aliphatic heterocycles. The fourth-order valence-electron chi connectivity index (χ4n) is 1.63. The van der Waals surface area contributed by atoms with Crippen LogP contribution in [0.15, 0.2) is 0 Å². The van der Waals surface area contributed by atoms with Gasteiger partial charge < -0.3 is 18.9 Å². The fourth-order valence-corrected chi connectivity index (χ4v) is 3.06. The zero-order valence-electron chi connectivity index (χ0n) is 8.36. The summed E-state index contributed by atoms with van der Waals surface area (Å²) in [5, 5.41) is 0.568. The van der Waals surface area contributed by atoms with Crippen LogP contribution in [0.2, 0.25) is 0 Å². The van der Waals surface area contributed by atoms with Crippen LogP contribution in [0.4, 0.5) is 5.13 Å². The third-order valence-corrected chi connectivity index (χ3v) is 3.69. The summed E-state index contributed by atoms with van der Waals surface area (Å²) in [5.41, 5.74) is 6.60. The van der Waals surface area contributed by atoms with Crippen molar-refractivity contribution in [3.8, 4) is 0 Å². The van der Waals surface area contributed by atoms with E-state index in [2.05, 4.69) is 9.71 Å². The molecular weight excluding hydrogens is 249 g/mol. The van der Waals surface area contributed by atoms with Crippen molar-refractivity contribution in [3.05, 3.63) is 10.6 Å². The predicted octanol–water partition coefficient (Wildman–Crippen LogP) is -0.520. The maximum atomic E-state index is 10.4. The number of aryl methyl sites for hydroxylation is 1. The average molecular weight is 261 g/mol. The molecule has 0 spiro atoms. The van der Waals surface area contributed by atoms with Gasteiger partial charge in [0.2, 0.25) is 0 Å². The van der Waals surface area contributed by atoms with Gasteiger partial charge in [-0.25, -0.2) is 4.98 Å². The molecular formula is C7H12AlN3O2S2. The van der Waals surface area contributed by atoms with Crippen molar-refractivity contribution in [1.29, 1.82) is 0 Å². The molecule has 0 amide bonds. The van der Waals surface area contributed by atoms with Gasteiger partial charge >= 0.3 is 17.4 Å². The number of fused-ring (bicyclic) bond motifs is 1. The monoisotopic (exact) mass is 261 g/mol. The van der Waals surface area contributed by atoms with Crippen LogP contribution in [0.3, 0.4) is 0 Å². The second-order valence-corrected chi connectivity index (χ2v) is 5.03. The molecule has 0 fully saturated rings. The SMILES string of the molecule is Nc1nc2c(s1)C[C@@H](N[S-](=O)=O)CC2.[AlH2+]. The van der Waals surface area contributed by atoms with Crippen molar-refractivity contribution in [1.82, 2.24) is 9.71 Å². The number of anilines is 1. The van der Waals surface area contributed by atoms with E-state index >= 15 is 0 Å². The number of rotatable bonds is 2. The Morgan fingerprint density at radius 1 is 1.53 bits per heavy atom. The summed E-state index contributed by atoms with van der Waals surface area (Å²) in [6, 6.07) is 0.000633. The van der Waals surface area contributed by atoms with Crippen molar-refractivity contribution in [2.75, 3.05) is 5.73 Å². The van der Waals surface area contributed by atoms with Crippen LogP contribution in [0, 0.1) is 0 Å². The Hall–Kier alpha value is -0.128. The molecule has 1 aromatic heterocycles. The van der Waals surface area contributed by atoms with Crippen LogP contribution < -0.4 is 10.5 Å². The van der Waals surface area contributed by atoms with Gasteiger partial charge in [0.15, 0.2) is 5.13 Å². The Bertz CT molecular complexity index is 410. The molecule has 1 aliphatic rings. The van der Waals surface area contributed by atoms with Crippen LogP contribution >= 0.6 is 11.3 Å². The van der Waals surface area contributed by atoms with E-state index in [4.69, 9.17) is 5.73 Å². The normalized spacial score (nSPS) is 19.7. The third-order valence-electron chi connectivity index (χ3n) is 2.22. The van der Waals surface area contributed by atoms with E-state index in [0.29, 0.717) is 11.6 Å². The van der Waals surface area contributed by atoms with Gasteiger partial charge in [-0.1, -0.05) is 0 Å². The van der Waals surface area contributed by atoms with E-state index in [9.17, 15) is 8.42 Å². The Morgan fingerprint density at radius 3 is 2.93 bits per heavy atom. The molecule has 0 aromatic carbocycles. The molecule has 1 atom stereocenters. The molecule has 8 heteroatoms. The quantitative estimate of drug-likeness (QED) is 0.554. The van der Waals surface area contributed by atoms with Crippen LogP contribution in [0.1, 0.15) is 17.0 Å². The van der Waals surface area contributed by atoms with Gasteiger partial charge in [0.1, 0.15) is 0 Å². The first-order valence-electron chi connectivity index (χ1n) is 4.24. The number of aromatic nitrogens is 1. The second-order valence-electron chi connectivity index (χ2n) is 3.21. The Kier molecular flexibility index (Phi) is 4.55. The van der Waals surface area contributed by atoms with E-state index in [1.54, 1.807) is 0 Å². The van der Waals surface area contributed by atoms with Crippen molar-refractivity contribution in [2.45, 2.75) is 25.3 Å². The number of hydrogen-bond donors (Lipinski definition) is 2. The Morgan fingerprint density at radius 2 is 2.27 bits per heavy atom. The van der Waals surface area contributed by atoms with Crippen LogP contribution in [-0.2, 0) is 32.1 Å². The summed E-state index contributed by atoms with van der Waals surface area (Å²) in [4.78, 5) is 5.29. The molecule has 0 radical (unpaired) electrons. The molecule has 0 saturated heterocycles. The van der Waals surface area contributed by atoms with E-state index in [1.165, 1.54) is 11.3 Å². The van der Waals surface area contributed by atoms with Crippen molar-refractivity contribution < 1.29 is 8.42 Å². The van der Waals surface area contributed by atoms with Gasteiger partial charge in [0, 0.05) is 4.88 Å². The zero-order chi connectivity index (χ0) is 10.1. The molecule has 0 unspecified atom stereocenters. The molecule has 3 N–H and O–H groups in total. The van der Waals surface area contributed by atoms with Crippen molar-refractivity contribution in [3.63, 3.8) is 0 Å². The number of nitrogens with one attached hydrogen (secondary N) is 1. The number of nitrogen functional groups attached to an aromatic ring is 1. The molecule has 15 heavy (non-hydrogen) atoms. The topological polar surface area (TPSA) is 85.1 Å². The summed E-state index contributed by atoms with van der Waals surface area (Å²) >= 11 is 1.45. The average Bonchev–Trinajstić information content (AvgIpc) is 2.42. The van der Waals surface area contributed by atoms with Crippen LogP contribution in [0.25, 0.3) is 0 Å². The molecule has 1 heterocycles. The summed E-state index contributed by atoms with van der Waals surface area (Å²) in [7, 11) is -2.18. The van der Waals surface area contributed by atoms with Gasteiger partial charge in [-0.2, -0.15) is 0 Å². The fraction of sp³-hybridized carbons (Fsp3) is 0.571. The van der Waals surface area contributed by atoms with Gasteiger partial charge in [0.25, 0.3) is 0 Å². The van der Waals surface area contributed by atoms with Gasteiger partial charge in [0.05, 0.1) is 5.69 Å². The Balaban J connectivity index is 0.00000112. The minimum absolute atomic E-state index is 0. The maximum absolute atomic E-state index is 10.4. The molecule has 5 nitrogen and oxygen atoms in total. The summed E-state index contributed by atoms with van der Waals surface area (Å²) in [5.74, 6) is 0. The standard InChI is InChI=1S/C7H10N3O2S2.Al.2H/c8-7-9-5-2-1-4(10-14(11)12)3-6(5)13-7;;;/h4H,1-3H2,(H2,8,9)(H,10,11,12);;;/q-1;+1;;/t4-;;;/m0.../s1. The van der Waals surface area contributed by atoms with Gasteiger partial charge in [-0.15, -0.1) is 11.3 Å². The van der Waals surface area contributed by atoms with Crippen molar-refractivity contribution >= 4 is 44.7 Å². The van der Waals surface area contributed by atoms with Crippen LogP contribution in [-0.4, -0.2) is 28.4 Å². The first-order chi connectivity index (χ1) is 6.65. The third kappa shape index (κ3) is 3.16. The molecule has 0 bridgehead atoms. The molecule has 1 aromatic rings. The summed E-state index contributed by atoms with van der Waals surface area (Å²) in [6.07, 6.45) is 2.31.